The Balaban J connectivity index is 1.60. The summed E-state index contributed by atoms with van der Waals surface area (Å²) in [5.74, 6) is -0.862. The van der Waals surface area contributed by atoms with Crippen molar-refractivity contribution in [1.82, 2.24) is 19.7 Å². The minimum absolute atomic E-state index is 0.0239. The Labute approximate surface area is 171 Å². The van der Waals surface area contributed by atoms with E-state index in [2.05, 4.69) is 10.1 Å². The van der Waals surface area contributed by atoms with Crippen molar-refractivity contribution in [2.45, 2.75) is 18.5 Å². The van der Waals surface area contributed by atoms with Gasteiger partial charge in [0.15, 0.2) is 5.82 Å². The molecule has 3 rings (SSSR count). The summed E-state index contributed by atoms with van der Waals surface area (Å²) >= 11 is 0. The number of likely N-dealkylation sites (tertiary alicyclic amines) is 1. The van der Waals surface area contributed by atoms with Crippen LogP contribution in [-0.2, 0) is 15.7 Å². The lowest BCUT2D eigenvalue weighted by Gasteiger charge is -2.38. The molecule has 2 aromatic rings. The predicted molar refractivity (Wildman–Crippen MR) is 94.7 cm³/mol. The van der Waals surface area contributed by atoms with Crippen LogP contribution in [-0.4, -0.2) is 64.7 Å². The summed E-state index contributed by atoms with van der Waals surface area (Å²) in [6, 6.07) is 3.03. The van der Waals surface area contributed by atoms with Crippen molar-refractivity contribution < 1.29 is 40.6 Å². The van der Waals surface area contributed by atoms with E-state index >= 15 is 0 Å². The van der Waals surface area contributed by atoms with Gasteiger partial charge >= 0.3 is 18.3 Å². The fraction of sp³-hybridized carbons (Fsp3) is 0.389. The SMILES string of the molecule is COc1cc(-c2ncn(/C=C/C(=O)OC3CN(CC(F)(F)F)C3)n2)cc(C(F)(F)F)c1. The lowest BCUT2D eigenvalue weighted by atomic mass is 10.1. The molecule has 0 amide bonds. The largest absolute Gasteiger partial charge is 0.497 e. The van der Waals surface area contributed by atoms with E-state index in [1.165, 1.54) is 19.5 Å². The average molecular weight is 450 g/mol. The molecule has 31 heavy (non-hydrogen) atoms. The first-order valence-corrected chi connectivity index (χ1v) is 8.78. The smallest absolute Gasteiger partial charge is 0.416 e. The van der Waals surface area contributed by atoms with Crippen molar-refractivity contribution in [3.05, 3.63) is 36.2 Å². The van der Waals surface area contributed by atoms with Crippen LogP contribution in [0.15, 0.2) is 30.6 Å². The van der Waals surface area contributed by atoms with Gasteiger partial charge in [-0.25, -0.2) is 14.5 Å². The van der Waals surface area contributed by atoms with Gasteiger partial charge in [0.05, 0.1) is 19.2 Å². The Bertz CT molecular complexity index is 964. The Morgan fingerprint density at radius 3 is 2.52 bits per heavy atom. The molecule has 1 aromatic heterocycles. The molecule has 1 fully saturated rings. The van der Waals surface area contributed by atoms with Crippen molar-refractivity contribution in [2.75, 3.05) is 26.7 Å². The third-order valence-electron chi connectivity index (χ3n) is 4.21. The van der Waals surface area contributed by atoms with Crippen LogP contribution in [0, 0.1) is 0 Å². The van der Waals surface area contributed by atoms with Crippen molar-refractivity contribution in [3.63, 3.8) is 0 Å². The Kier molecular flexibility index (Phi) is 6.25. The highest BCUT2D eigenvalue weighted by Crippen LogP contribution is 2.34. The van der Waals surface area contributed by atoms with Crippen molar-refractivity contribution in [1.29, 1.82) is 0 Å². The summed E-state index contributed by atoms with van der Waals surface area (Å²) in [7, 11) is 1.23. The van der Waals surface area contributed by atoms with Crippen molar-refractivity contribution >= 4 is 12.2 Å². The summed E-state index contributed by atoms with van der Waals surface area (Å²) in [5, 5.41) is 3.97. The van der Waals surface area contributed by atoms with Crippen LogP contribution >= 0.6 is 0 Å². The molecule has 0 atom stereocenters. The molecule has 2 heterocycles. The molecule has 1 aliphatic rings. The van der Waals surface area contributed by atoms with E-state index in [1.807, 2.05) is 0 Å². The zero-order valence-electron chi connectivity index (χ0n) is 15.9. The van der Waals surface area contributed by atoms with E-state index in [1.54, 1.807) is 0 Å². The monoisotopic (exact) mass is 450 g/mol. The first-order valence-electron chi connectivity index (χ1n) is 8.78. The number of nitrogens with zero attached hydrogens (tertiary/aromatic N) is 4. The van der Waals surface area contributed by atoms with Gasteiger partial charge in [-0.3, -0.25) is 4.90 Å². The predicted octanol–water partition coefficient (Wildman–Crippen LogP) is 3.23. The Morgan fingerprint density at radius 2 is 1.90 bits per heavy atom. The van der Waals surface area contributed by atoms with E-state index in [0.29, 0.717) is 0 Å². The highest BCUT2D eigenvalue weighted by molar-refractivity contribution is 5.85. The summed E-state index contributed by atoms with van der Waals surface area (Å²) in [4.78, 5) is 16.8. The highest BCUT2D eigenvalue weighted by atomic mass is 19.4. The summed E-state index contributed by atoms with van der Waals surface area (Å²) < 4.78 is 86.8. The van der Waals surface area contributed by atoms with E-state index < -0.39 is 36.5 Å². The summed E-state index contributed by atoms with van der Waals surface area (Å²) in [5.41, 5.74) is -0.877. The molecule has 1 aliphatic heterocycles. The molecular formula is C18H16F6N4O3. The number of halogens is 6. The number of aromatic nitrogens is 3. The second kappa shape index (κ2) is 8.57. The van der Waals surface area contributed by atoms with E-state index in [9.17, 15) is 31.1 Å². The van der Waals surface area contributed by atoms with Gasteiger partial charge in [-0.15, -0.1) is 5.10 Å². The van der Waals surface area contributed by atoms with Gasteiger partial charge in [0, 0.05) is 30.9 Å². The lowest BCUT2D eigenvalue weighted by molar-refractivity contribution is -0.175. The number of carbonyl (C=O) groups is 1. The molecule has 0 aliphatic carbocycles. The first kappa shape index (κ1) is 22.6. The maximum absolute atomic E-state index is 13.0. The van der Waals surface area contributed by atoms with Gasteiger partial charge < -0.3 is 9.47 Å². The normalized spacial score (nSPS) is 15.8. The lowest BCUT2D eigenvalue weighted by Crippen LogP contribution is -2.55. The zero-order valence-corrected chi connectivity index (χ0v) is 15.9. The molecule has 0 bridgehead atoms. The first-order chi connectivity index (χ1) is 14.4. The molecule has 0 N–H and O–H groups in total. The molecule has 0 saturated carbocycles. The molecule has 7 nitrogen and oxygen atoms in total. The zero-order chi connectivity index (χ0) is 22.8. The van der Waals surface area contributed by atoms with E-state index in [-0.39, 0.29) is 30.2 Å². The third-order valence-corrected chi connectivity index (χ3v) is 4.21. The topological polar surface area (TPSA) is 69.5 Å². The maximum Gasteiger partial charge on any atom is 0.416 e. The molecule has 1 saturated heterocycles. The van der Waals surface area contributed by atoms with Gasteiger partial charge in [0.2, 0.25) is 0 Å². The molecule has 0 unspecified atom stereocenters. The second-order valence-corrected chi connectivity index (χ2v) is 6.68. The van der Waals surface area contributed by atoms with Crippen LogP contribution in [0.25, 0.3) is 17.6 Å². The number of esters is 1. The maximum atomic E-state index is 13.0. The molecule has 13 heteroatoms. The van der Waals surface area contributed by atoms with Gasteiger partial charge in [-0.05, 0) is 18.2 Å². The fourth-order valence-corrected chi connectivity index (χ4v) is 2.81. The van der Waals surface area contributed by atoms with Gasteiger partial charge in [-0.2, -0.15) is 26.3 Å². The van der Waals surface area contributed by atoms with E-state index in [0.717, 1.165) is 34.0 Å². The van der Waals surface area contributed by atoms with Gasteiger partial charge in [0.1, 0.15) is 18.2 Å². The number of benzene rings is 1. The standard InChI is InChI=1S/C18H16F6N4O3/c1-30-13-5-11(4-12(6-13)18(22,23)24)16-25-10-28(26-16)3-2-15(29)31-14-7-27(8-14)9-17(19,20)21/h2-6,10,14H,7-9H2,1H3/b3-2+. The Hall–Kier alpha value is -3.09. The number of hydrogen-bond donors (Lipinski definition) is 0. The number of methoxy groups -OCH3 is 1. The highest BCUT2D eigenvalue weighted by Gasteiger charge is 2.38. The van der Waals surface area contributed by atoms with Crippen LogP contribution in [0.4, 0.5) is 26.3 Å². The van der Waals surface area contributed by atoms with Crippen LogP contribution in [0.3, 0.4) is 0 Å². The Morgan fingerprint density at radius 1 is 1.19 bits per heavy atom. The van der Waals surface area contributed by atoms with Crippen LogP contribution in [0.2, 0.25) is 0 Å². The van der Waals surface area contributed by atoms with Crippen LogP contribution < -0.4 is 4.74 Å². The minimum atomic E-state index is -4.59. The summed E-state index contributed by atoms with van der Waals surface area (Å²) in [6.07, 6.45) is -6.24. The number of hydrogen-bond acceptors (Lipinski definition) is 6. The third kappa shape index (κ3) is 6.20. The number of rotatable bonds is 6. The van der Waals surface area contributed by atoms with Gasteiger partial charge in [-0.1, -0.05) is 0 Å². The minimum Gasteiger partial charge on any atom is -0.497 e. The number of ether oxygens (including phenoxy) is 2. The van der Waals surface area contributed by atoms with Crippen LogP contribution in [0.5, 0.6) is 5.75 Å². The van der Waals surface area contributed by atoms with Gasteiger partial charge in [0.25, 0.3) is 0 Å². The quantitative estimate of drug-likeness (QED) is 0.383. The molecule has 0 radical (unpaired) electrons. The number of carbonyl (C=O) groups excluding carboxylic acids is 1. The molecular weight excluding hydrogens is 434 g/mol. The van der Waals surface area contributed by atoms with Crippen LogP contribution in [0.1, 0.15) is 5.56 Å². The molecule has 0 spiro atoms. The van der Waals surface area contributed by atoms with Crippen molar-refractivity contribution in [2.24, 2.45) is 0 Å². The second-order valence-electron chi connectivity index (χ2n) is 6.68. The molecule has 168 valence electrons. The fourth-order valence-electron chi connectivity index (χ4n) is 2.81. The molecule has 1 aromatic carbocycles. The average Bonchev–Trinajstić information content (AvgIpc) is 3.11. The van der Waals surface area contributed by atoms with E-state index in [4.69, 9.17) is 9.47 Å². The summed E-state index contributed by atoms with van der Waals surface area (Å²) in [6.45, 7) is -1.12. The van der Waals surface area contributed by atoms with Crippen molar-refractivity contribution in [3.8, 4) is 17.1 Å². The number of alkyl halides is 6.